The quantitative estimate of drug-likeness (QED) is 0.410. The summed E-state index contributed by atoms with van der Waals surface area (Å²) in [7, 11) is 0. The molecule has 0 saturated carbocycles. The van der Waals surface area contributed by atoms with Gasteiger partial charge in [-0.05, 0) is 0 Å². The van der Waals surface area contributed by atoms with E-state index in [-0.39, 0.29) is 64.8 Å². The van der Waals surface area contributed by atoms with Gasteiger partial charge in [-0.3, -0.25) is 0 Å². The summed E-state index contributed by atoms with van der Waals surface area (Å²) in [6.07, 6.45) is 0. The van der Waals surface area contributed by atoms with Crippen molar-refractivity contribution in [2.45, 2.75) is 0 Å². The molecule has 0 aromatic rings. The Hall–Kier alpha value is 1.17. The van der Waals surface area contributed by atoms with Gasteiger partial charge in [0.25, 0.3) is 0 Å². The van der Waals surface area contributed by atoms with E-state index in [2.05, 4.69) is 0 Å². The maximum atomic E-state index is 0. The summed E-state index contributed by atoms with van der Waals surface area (Å²) in [5.41, 5.74) is 0. The van der Waals surface area contributed by atoms with E-state index in [1.807, 2.05) is 0 Å². The molecule has 0 rings (SSSR count). The molecule has 0 aliphatic heterocycles. The second-order valence-corrected chi connectivity index (χ2v) is 0. The smallest absolute Gasteiger partial charge is 0.412 e. The largest absolute Gasteiger partial charge is 1.00 e. The van der Waals surface area contributed by atoms with Crippen molar-refractivity contribution in [3.05, 3.63) is 14.9 Å². The first-order valence-corrected chi connectivity index (χ1v) is 0. The molecular weight excluding hydrogens is 258 g/mol. The van der Waals surface area contributed by atoms with E-state index in [9.17, 15) is 0 Å². The minimum absolute atomic E-state index is 0. The van der Waals surface area contributed by atoms with E-state index >= 15 is 0 Å². The Morgan fingerprint density at radius 3 is 0.500 bits per heavy atom. The summed E-state index contributed by atoms with van der Waals surface area (Å²) >= 11 is 0. The molecule has 0 aromatic heterocycles. The molecule has 0 atom stereocenters. The maximum Gasteiger partial charge on any atom is 1.00 e. The van der Waals surface area contributed by atoms with Gasteiger partial charge in [-0.25, -0.2) is 0 Å². The molecule has 2 radical (unpaired) electrons. The Labute approximate surface area is 64.8 Å². The third-order valence-corrected chi connectivity index (χ3v) is 0. The minimum Gasteiger partial charge on any atom is -0.412 e. The Morgan fingerprint density at radius 2 is 0.500 bits per heavy atom. The van der Waals surface area contributed by atoms with Crippen molar-refractivity contribution >= 4 is 0 Å². The van der Waals surface area contributed by atoms with Gasteiger partial charge in [0.1, 0.15) is 0 Å². The summed E-state index contributed by atoms with van der Waals surface area (Å²) in [5.74, 6) is 0. The molecule has 4 heteroatoms. The SMILES string of the molecule is O.O.[CH3-].[CH3-].[Ru+].[Ru+]. The normalized spacial score (nSPS) is 0. The van der Waals surface area contributed by atoms with Crippen LogP contribution in [0.5, 0.6) is 0 Å². The van der Waals surface area contributed by atoms with Crippen LogP contribution in [0, 0.1) is 14.9 Å². The molecule has 0 fully saturated rings. The number of hydrogen-bond donors (Lipinski definition) is 0. The van der Waals surface area contributed by atoms with Gasteiger partial charge in [0.05, 0.1) is 0 Å². The number of hydrogen-bond acceptors (Lipinski definition) is 0. The fourth-order valence-electron chi connectivity index (χ4n) is 0. The predicted octanol–water partition coefficient (Wildman–Crippen LogP) is -0.754. The van der Waals surface area contributed by atoms with Crippen LogP contribution in [0.1, 0.15) is 0 Å². The minimum atomic E-state index is 0. The Morgan fingerprint density at radius 1 is 0.500 bits per heavy atom. The predicted molar refractivity (Wildman–Crippen MR) is 20.1 cm³/mol. The molecule has 6 heavy (non-hydrogen) atoms. The fraction of sp³-hybridized carbons (Fsp3) is 0. The van der Waals surface area contributed by atoms with Crippen LogP contribution in [-0.2, 0) is 39.0 Å². The Balaban J connectivity index is 0. The summed E-state index contributed by atoms with van der Waals surface area (Å²) in [5, 5.41) is 0. The summed E-state index contributed by atoms with van der Waals surface area (Å²) < 4.78 is 0. The third-order valence-electron chi connectivity index (χ3n) is 0. The third kappa shape index (κ3) is 65.9. The zero-order valence-electron chi connectivity index (χ0n) is 3.71. The molecule has 0 unspecified atom stereocenters. The Kier molecular flexibility index (Phi) is 4040. The van der Waals surface area contributed by atoms with Crippen LogP contribution in [0.2, 0.25) is 0 Å². The molecule has 0 bridgehead atoms. The van der Waals surface area contributed by atoms with Gasteiger partial charge in [-0.15, -0.1) is 0 Å². The second kappa shape index (κ2) is 121. The molecule has 0 spiro atoms. The standard InChI is InChI=1S/2CH3.2H2O.2Ru/h2*1H3;2*1H2;;/q2*-1;;;2*+1. The summed E-state index contributed by atoms with van der Waals surface area (Å²) in [6.45, 7) is 0. The zero-order chi connectivity index (χ0) is 0. The molecule has 4 N–H and O–H groups in total. The number of rotatable bonds is 0. The molecule has 0 amide bonds. The topological polar surface area (TPSA) is 63.0 Å². The molecule has 0 saturated heterocycles. The van der Waals surface area contributed by atoms with Crippen LogP contribution in [-0.4, -0.2) is 11.0 Å². The average Bonchev–Trinajstić information content (AvgIpc) is 0. The van der Waals surface area contributed by atoms with Crippen molar-refractivity contribution in [2.24, 2.45) is 0 Å². The van der Waals surface area contributed by atoms with Crippen molar-refractivity contribution < 1.29 is 49.9 Å². The van der Waals surface area contributed by atoms with E-state index < -0.39 is 0 Å². The van der Waals surface area contributed by atoms with Gasteiger partial charge in [0.2, 0.25) is 0 Å². The van der Waals surface area contributed by atoms with Crippen molar-refractivity contribution in [3.8, 4) is 0 Å². The maximum absolute atomic E-state index is 0. The first-order chi connectivity index (χ1) is 0. The summed E-state index contributed by atoms with van der Waals surface area (Å²) in [6, 6.07) is 0. The van der Waals surface area contributed by atoms with Gasteiger partial charge in [-0.2, -0.15) is 0 Å². The summed E-state index contributed by atoms with van der Waals surface area (Å²) in [4.78, 5) is 0. The molecular formula is C2H10O2Ru2. The van der Waals surface area contributed by atoms with Crippen molar-refractivity contribution in [1.82, 2.24) is 0 Å². The van der Waals surface area contributed by atoms with Crippen LogP contribution in [0.25, 0.3) is 0 Å². The monoisotopic (exact) mass is 270 g/mol. The van der Waals surface area contributed by atoms with Crippen molar-refractivity contribution in [3.63, 3.8) is 0 Å². The first kappa shape index (κ1) is 200. The van der Waals surface area contributed by atoms with E-state index in [0.717, 1.165) is 0 Å². The van der Waals surface area contributed by atoms with Crippen molar-refractivity contribution in [1.29, 1.82) is 0 Å². The van der Waals surface area contributed by atoms with E-state index in [1.54, 1.807) is 0 Å². The molecule has 0 heterocycles. The van der Waals surface area contributed by atoms with E-state index in [1.165, 1.54) is 0 Å². The van der Waals surface area contributed by atoms with Gasteiger partial charge in [-0.1, -0.05) is 0 Å². The van der Waals surface area contributed by atoms with Gasteiger partial charge in [0, 0.05) is 0 Å². The molecule has 0 aromatic carbocycles. The zero-order valence-corrected chi connectivity index (χ0v) is 7.18. The fourth-order valence-corrected chi connectivity index (χ4v) is 0. The van der Waals surface area contributed by atoms with Crippen LogP contribution in [0.4, 0.5) is 0 Å². The van der Waals surface area contributed by atoms with Gasteiger partial charge in [0.15, 0.2) is 0 Å². The molecule has 46 valence electrons. The van der Waals surface area contributed by atoms with E-state index in [0.29, 0.717) is 0 Å². The molecule has 0 aliphatic carbocycles. The first-order valence-electron chi connectivity index (χ1n) is 0. The van der Waals surface area contributed by atoms with Crippen LogP contribution < -0.4 is 0 Å². The second-order valence-electron chi connectivity index (χ2n) is 0. The van der Waals surface area contributed by atoms with Crippen LogP contribution >= 0.6 is 0 Å². The van der Waals surface area contributed by atoms with Gasteiger partial charge < -0.3 is 25.8 Å². The van der Waals surface area contributed by atoms with Crippen LogP contribution in [0.3, 0.4) is 0 Å². The molecule has 2 nitrogen and oxygen atoms in total. The van der Waals surface area contributed by atoms with E-state index in [4.69, 9.17) is 0 Å². The Bertz CT molecular complexity index is 9.51. The molecule has 0 aliphatic rings. The van der Waals surface area contributed by atoms with Crippen molar-refractivity contribution in [2.75, 3.05) is 0 Å². The van der Waals surface area contributed by atoms with Crippen LogP contribution in [0.15, 0.2) is 0 Å². The average molecular weight is 268 g/mol. The van der Waals surface area contributed by atoms with Gasteiger partial charge >= 0.3 is 39.0 Å².